The second-order valence-corrected chi connectivity index (χ2v) is 2.84. The van der Waals surface area contributed by atoms with Gasteiger partial charge in [0.25, 0.3) is 0 Å². The van der Waals surface area contributed by atoms with Crippen LogP contribution >= 0.6 is 12.2 Å². The average molecular weight is 186 g/mol. The topological polar surface area (TPSA) is 58.0 Å². The first-order valence-corrected chi connectivity index (χ1v) is 4.01. The summed E-state index contributed by atoms with van der Waals surface area (Å²) in [4.78, 5) is 13.5. The smallest absolute Gasteiger partial charge is 0.354 e. The molecule has 0 saturated carbocycles. The fourth-order valence-corrected chi connectivity index (χ4v) is 1.54. The Kier molecular flexibility index (Phi) is 2.32. The molecule has 0 fully saturated rings. The number of H-pyrrole nitrogens is 1. The lowest BCUT2D eigenvalue weighted by atomic mass is 10.3. The van der Waals surface area contributed by atoms with E-state index in [4.69, 9.17) is 17.3 Å². The molecule has 0 unspecified atom stereocenters. The van der Waals surface area contributed by atoms with Crippen LogP contribution in [0.3, 0.4) is 0 Å². The Labute approximate surface area is 74.8 Å². The Morgan fingerprint density at radius 2 is 2.33 bits per heavy atom. The van der Waals surface area contributed by atoms with Crippen molar-refractivity contribution in [1.29, 1.82) is 0 Å². The zero-order valence-electron chi connectivity index (χ0n) is 6.92. The van der Waals surface area contributed by atoms with Crippen LogP contribution in [0.2, 0.25) is 0 Å². The molecule has 2 N–H and O–H groups in total. The largest absolute Gasteiger partial charge is 0.477 e. The van der Waals surface area contributed by atoms with Gasteiger partial charge in [-0.3, -0.25) is 0 Å². The van der Waals surface area contributed by atoms with E-state index in [1.54, 1.807) is 11.5 Å². The standard InChI is InChI=1S/C7H10N2O2S/c1-3-9-5(6(10)11)4(2)8-7(9)12/h3H2,1-2H3,(H,8,12)(H,10,11). The quantitative estimate of drug-likeness (QED) is 0.689. The average Bonchev–Trinajstić information content (AvgIpc) is 2.24. The number of nitrogens with one attached hydrogen (secondary N) is 1. The summed E-state index contributed by atoms with van der Waals surface area (Å²) in [6.07, 6.45) is 0. The maximum absolute atomic E-state index is 10.7. The summed E-state index contributed by atoms with van der Waals surface area (Å²) >= 11 is 4.92. The van der Waals surface area contributed by atoms with E-state index in [2.05, 4.69) is 4.98 Å². The Morgan fingerprint density at radius 1 is 1.75 bits per heavy atom. The van der Waals surface area contributed by atoms with Gasteiger partial charge in [0.1, 0.15) is 5.69 Å². The number of hydrogen-bond donors (Lipinski definition) is 2. The molecule has 12 heavy (non-hydrogen) atoms. The summed E-state index contributed by atoms with van der Waals surface area (Å²) < 4.78 is 2.03. The highest BCUT2D eigenvalue weighted by Gasteiger charge is 2.13. The van der Waals surface area contributed by atoms with Crippen molar-refractivity contribution in [2.75, 3.05) is 0 Å². The van der Waals surface area contributed by atoms with Crippen LogP contribution in [-0.2, 0) is 6.54 Å². The number of carbonyl (C=O) groups is 1. The van der Waals surface area contributed by atoms with Crippen LogP contribution in [0.15, 0.2) is 0 Å². The summed E-state index contributed by atoms with van der Waals surface area (Å²) in [7, 11) is 0. The molecular formula is C7H10N2O2S. The molecule has 1 heterocycles. The van der Waals surface area contributed by atoms with Gasteiger partial charge in [-0.05, 0) is 26.1 Å². The summed E-state index contributed by atoms with van der Waals surface area (Å²) in [5.41, 5.74) is 0.858. The number of aryl methyl sites for hydroxylation is 1. The predicted octanol–water partition coefficient (Wildman–Crippen LogP) is 1.57. The third-order valence-electron chi connectivity index (χ3n) is 1.68. The summed E-state index contributed by atoms with van der Waals surface area (Å²) in [6, 6.07) is 0. The Hall–Kier alpha value is -1.10. The number of carboxylic acids is 1. The summed E-state index contributed by atoms with van der Waals surface area (Å²) in [6.45, 7) is 4.13. The number of hydrogen-bond acceptors (Lipinski definition) is 2. The molecule has 0 aliphatic rings. The van der Waals surface area contributed by atoms with Crippen LogP contribution in [0.4, 0.5) is 0 Å². The lowest BCUT2D eigenvalue weighted by molar-refractivity contribution is 0.0684. The van der Waals surface area contributed by atoms with Gasteiger partial charge in [-0.2, -0.15) is 0 Å². The molecule has 4 nitrogen and oxygen atoms in total. The van der Waals surface area contributed by atoms with Crippen molar-refractivity contribution in [3.63, 3.8) is 0 Å². The van der Waals surface area contributed by atoms with E-state index in [0.29, 0.717) is 17.0 Å². The molecule has 0 aromatic carbocycles. The molecule has 0 spiro atoms. The van der Waals surface area contributed by atoms with Crippen molar-refractivity contribution in [3.8, 4) is 0 Å². The highest BCUT2D eigenvalue weighted by atomic mass is 32.1. The van der Waals surface area contributed by atoms with Gasteiger partial charge in [-0.25, -0.2) is 4.79 Å². The van der Waals surface area contributed by atoms with Crippen molar-refractivity contribution in [3.05, 3.63) is 16.2 Å². The molecule has 66 valence electrons. The van der Waals surface area contributed by atoms with E-state index in [9.17, 15) is 4.79 Å². The second kappa shape index (κ2) is 3.10. The monoisotopic (exact) mass is 186 g/mol. The zero-order chi connectivity index (χ0) is 9.30. The minimum Gasteiger partial charge on any atom is -0.477 e. The highest BCUT2D eigenvalue weighted by Crippen LogP contribution is 2.07. The van der Waals surface area contributed by atoms with Gasteiger partial charge in [0.15, 0.2) is 4.77 Å². The highest BCUT2D eigenvalue weighted by molar-refractivity contribution is 7.71. The number of aromatic nitrogens is 2. The van der Waals surface area contributed by atoms with Crippen LogP contribution in [0.5, 0.6) is 0 Å². The summed E-state index contributed by atoms with van der Waals surface area (Å²) in [5.74, 6) is -0.943. The van der Waals surface area contributed by atoms with Gasteiger partial charge >= 0.3 is 5.97 Å². The lowest BCUT2D eigenvalue weighted by Gasteiger charge is -1.99. The summed E-state index contributed by atoms with van der Waals surface area (Å²) in [5, 5.41) is 8.80. The van der Waals surface area contributed by atoms with Crippen LogP contribution in [0.1, 0.15) is 23.1 Å². The lowest BCUT2D eigenvalue weighted by Crippen LogP contribution is -2.08. The first-order valence-electron chi connectivity index (χ1n) is 3.60. The SMILES string of the molecule is CCn1c(C(=O)O)c(C)[nH]c1=S. The first kappa shape index (κ1) is 8.99. The minimum atomic E-state index is -0.943. The number of imidazole rings is 1. The molecule has 0 aliphatic heterocycles. The molecule has 1 aromatic rings. The predicted molar refractivity (Wildman–Crippen MR) is 47.0 cm³/mol. The molecule has 0 saturated heterocycles. The number of nitrogens with zero attached hydrogens (tertiary/aromatic N) is 1. The number of aromatic carboxylic acids is 1. The Balaban J connectivity index is 3.43. The Bertz CT molecular complexity index is 364. The normalized spacial score (nSPS) is 10.2. The maximum Gasteiger partial charge on any atom is 0.354 e. The van der Waals surface area contributed by atoms with Gasteiger partial charge in [0.05, 0.1) is 0 Å². The van der Waals surface area contributed by atoms with Crippen molar-refractivity contribution in [2.24, 2.45) is 0 Å². The van der Waals surface area contributed by atoms with Crippen LogP contribution in [0, 0.1) is 11.7 Å². The minimum absolute atomic E-state index is 0.252. The molecule has 0 amide bonds. The van der Waals surface area contributed by atoms with Gasteiger partial charge < -0.3 is 14.7 Å². The van der Waals surface area contributed by atoms with Gasteiger partial charge in [-0.1, -0.05) is 0 Å². The molecule has 0 aliphatic carbocycles. The van der Waals surface area contributed by atoms with Crippen molar-refractivity contribution >= 4 is 18.2 Å². The Morgan fingerprint density at radius 3 is 2.67 bits per heavy atom. The van der Waals surface area contributed by atoms with E-state index < -0.39 is 5.97 Å². The van der Waals surface area contributed by atoms with Crippen molar-refractivity contribution in [2.45, 2.75) is 20.4 Å². The van der Waals surface area contributed by atoms with Crippen LogP contribution in [-0.4, -0.2) is 20.6 Å². The van der Waals surface area contributed by atoms with E-state index >= 15 is 0 Å². The second-order valence-electron chi connectivity index (χ2n) is 2.45. The molecule has 5 heteroatoms. The van der Waals surface area contributed by atoms with E-state index in [-0.39, 0.29) is 5.69 Å². The van der Waals surface area contributed by atoms with Gasteiger partial charge in [-0.15, -0.1) is 0 Å². The fraction of sp³-hybridized carbons (Fsp3) is 0.429. The van der Waals surface area contributed by atoms with Crippen LogP contribution in [0.25, 0.3) is 0 Å². The molecule has 1 rings (SSSR count). The zero-order valence-corrected chi connectivity index (χ0v) is 7.73. The van der Waals surface area contributed by atoms with E-state index in [1.807, 2.05) is 6.92 Å². The number of rotatable bonds is 2. The number of carboxylic acid groups (broad SMARTS) is 1. The first-order chi connectivity index (χ1) is 5.57. The van der Waals surface area contributed by atoms with Gasteiger partial charge in [0.2, 0.25) is 0 Å². The molecule has 0 radical (unpaired) electrons. The fourth-order valence-electron chi connectivity index (χ4n) is 1.17. The molecule has 1 aromatic heterocycles. The third-order valence-corrected chi connectivity index (χ3v) is 2.01. The van der Waals surface area contributed by atoms with E-state index in [0.717, 1.165) is 0 Å². The van der Waals surface area contributed by atoms with Crippen molar-refractivity contribution < 1.29 is 9.90 Å². The molecule has 0 atom stereocenters. The van der Waals surface area contributed by atoms with Crippen LogP contribution < -0.4 is 0 Å². The maximum atomic E-state index is 10.7. The molecule has 0 bridgehead atoms. The van der Waals surface area contributed by atoms with Gasteiger partial charge in [0, 0.05) is 12.2 Å². The third kappa shape index (κ3) is 1.27. The van der Waals surface area contributed by atoms with Crippen molar-refractivity contribution in [1.82, 2.24) is 9.55 Å². The van der Waals surface area contributed by atoms with E-state index in [1.165, 1.54) is 0 Å². The number of aromatic amines is 1. The molecular weight excluding hydrogens is 176 g/mol.